The van der Waals surface area contributed by atoms with E-state index in [0.717, 1.165) is 21.1 Å². The van der Waals surface area contributed by atoms with Crippen molar-refractivity contribution in [3.05, 3.63) is 58.1 Å². The lowest BCUT2D eigenvalue weighted by Crippen LogP contribution is -2.52. The Labute approximate surface area is 190 Å². The minimum Gasteiger partial charge on any atom is -0.493 e. The van der Waals surface area contributed by atoms with Crippen LogP contribution in [-0.4, -0.2) is 62.1 Å². The molecule has 8 nitrogen and oxygen atoms in total. The van der Waals surface area contributed by atoms with Crippen molar-refractivity contribution < 1.29 is 28.6 Å². The molecule has 0 saturated carbocycles. The van der Waals surface area contributed by atoms with E-state index in [2.05, 4.69) is 0 Å². The van der Waals surface area contributed by atoms with Gasteiger partial charge in [0.05, 0.1) is 12.1 Å². The molecular weight excluding hydrogens is 436 g/mol. The summed E-state index contributed by atoms with van der Waals surface area (Å²) in [7, 11) is 4.07. The zero-order chi connectivity index (χ0) is 23.4. The third kappa shape index (κ3) is 4.86. The molecule has 3 rings (SSSR count). The maximum Gasteiger partial charge on any atom is 0.333 e. The van der Waals surface area contributed by atoms with Gasteiger partial charge >= 0.3 is 6.03 Å². The van der Waals surface area contributed by atoms with E-state index in [1.54, 1.807) is 12.1 Å². The number of carbonyl (C=O) groups excluding carboxylic acids is 3. The highest BCUT2D eigenvalue weighted by atomic mass is 35.5. The van der Waals surface area contributed by atoms with Gasteiger partial charge in [0.2, 0.25) is 0 Å². The van der Waals surface area contributed by atoms with E-state index >= 15 is 0 Å². The molecule has 1 aliphatic heterocycles. The molecule has 1 saturated heterocycles. The van der Waals surface area contributed by atoms with Crippen LogP contribution in [0.2, 0.25) is 5.02 Å². The Kier molecular flexibility index (Phi) is 7.05. The summed E-state index contributed by atoms with van der Waals surface area (Å²) in [6.45, 7) is 2.51. The number of barbiturate groups is 1. The number of hydrogen-bond donors (Lipinski definition) is 0. The quantitative estimate of drug-likeness (QED) is 0.358. The molecule has 9 heteroatoms. The normalized spacial score (nSPS) is 14.0. The molecular formula is C23H23ClN2O6. The first-order chi connectivity index (χ1) is 15.2. The molecule has 0 aromatic heterocycles. The number of nitrogens with zero attached hydrogens (tertiary/aromatic N) is 2. The number of hydrogen-bond acceptors (Lipinski definition) is 6. The van der Waals surface area contributed by atoms with Gasteiger partial charge in [-0.05, 0) is 42.8 Å². The molecule has 0 spiro atoms. The monoisotopic (exact) mass is 458 g/mol. The topological polar surface area (TPSA) is 85.4 Å². The third-order valence-electron chi connectivity index (χ3n) is 4.83. The van der Waals surface area contributed by atoms with E-state index in [1.165, 1.54) is 27.3 Å². The standard InChI is InChI=1S/C23H23ClN2O6/c1-14-5-7-16(8-6-14)31-9-10-32-20-18(24)12-15(13-19(20)30-4)11-17-21(27)25(2)23(29)26(3)22(17)28/h5-8,11-13H,9-10H2,1-4H3. The minimum atomic E-state index is -0.693. The molecule has 2 aromatic carbocycles. The highest BCUT2D eigenvalue weighted by Gasteiger charge is 2.37. The molecule has 32 heavy (non-hydrogen) atoms. The fourth-order valence-electron chi connectivity index (χ4n) is 3.04. The predicted molar refractivity (Wildman–Crippen MR) is 119 cm³/mol. The highest BCUT2D eigenvalue weighted by Crippen LogP contribution is 2.37. The molecule has 168 valence electrons. The van der Waals surface area contributed by atoms with Crippen LogP contribution in [0.1, 0.15) is 11.1 Å². The number of carbonyl (C=O) groups is 3. The molecule has 1 heterocycles. The van der Waals surface area contributed by atoms with Crippen molar-refractivity contribution in [2.24, 2.45) is 0 Å². The van der Waals surface area contributed by atoms with Crippen LogP contribution in [0.15, 0.2) is 42.0 Å². The number of aryl methyl sites for hydroxylation is 1. The number of halogens is 1. The number of rotatable bonds is 7. The molecule has 0 bridgehead atoms. The Bertz CT molecular complexity index is 1050. The second kappa shape index (κ2) is 9.74. The van der Waals surface area contributed by atoms with Gasteiger partial charge in [-0.1, -0.05) is 29.3 Å². The molecule has 0 unspecified atom stereocenters. The number of amides is 4. The lowest BCUT2D eigenvalue weighted by atomic mass is 10.1. The van der Waals surface area contributed by atoms with E-state index in [4.69, 9.17) is 25.8 Å². The van der Waals surface area contributed by atoms with Gasteiger partial charge in [-0.25, -0.2) is 4.79 Å². The Morgan fingerprint density at radius 2 is 1.53 bits per heavy atom. The summed E-state index contributed by atoms with van der Waals surface area (Å²) in [4.78, 5) is 38.4. The second-order valence-corrected chi connectivity index (χ2v) is 7.52. The van der Waals surface area contributed by atoms with Crippen LogP contribution in [0, 0.1) is 6.92 Å². The Balaban J connectivity index is 1.75. The average molecular weight is 459 g/mol. The van der Waals surface area contributed by atoms with Crippen LogP contribution in [0.25, 0.3) is 6.08 Å². The van der Waals surface area contributed by atoms with Crippen molar-refractivity contribution in [1.29, 1.82) is 0 Å². The number of benzene rings is 2. The van der Waals surface area contributed by atoms with E-state index in [1.807, 2.05) is 31.2 Å². The summed E-state index contributed by atoms with van der Waals surface area (Å²) >= 11 is 6.38. The molecule has 0 N–H and O–H groups in total. The van der Waals surface area contributed by atoms with Gasteiger partial charge in [-0.2, -0.15) is 0 Å². The van der Waals surface area contributed by atoms with Gasteiger partial charge in [0.25, 0.3) is 11.8 Å². The summed E-state index contributed by atoms with van der Waals surface area (Å²) in [6, 6.07) is 10.1. The summed E-state index contributed by atoms with van der Waals surface area (Å²) in [5.74, 6) is -0.0132. The number of methoxy groups -OCH3 is 1. The largest absolute Gasteiger partial charge is 0.493 e. The smallest absolute Gasteiger partial charge is 0.333 e. The Morgan fingerprint density at radius 1 is 0.938 bits per heavy atom. The Hall–Kier alpha value is -3.52. The summed E-state index contributed by atoms with van der Waals surface area (Å²) in [5, 5.41) is 0.236. The van der Waals surface area contributed by atoms with Crippen LogP contribution in [0.4, 0.5) is 4.79 Å². The lowest BCUT2D eigenvalue weighted by Gasteiger charge is -2.28. The number of imide groups is 2. The van der Waals surface area contributed by atoms with Crippen molar-refractivity contribution in [1.82, 2.24) is 9.80 Å². The second-order valence-electron chi connectivity index (χ2n) is 7.11. The van der Waals surface area contributed by atoms with Crippen LogP contribution < -0.4 is 14.2 Å². The highest BCUT2D eigenvalue weighted by molar-refractivity contribution is 6.33. The van der Waals surface area contributed by atoms with Gasteiger partial charge < -0.3 is 14.2 Å². The Morgan fingerprint density at radius 3 is 2.12 bits per heavy atom. The fraction of sp³-hybridized carbons (Fsp3) is 0.261. The number of urea groups is 1. The predicted octanol–water partition coefficient (Wildman–Crippen LogP) is 3.55. The minimum absolute atomic E-state index is 0.159. The van der Waals surface area contributed by atoms with Crippen molar-refractivity contribution in [3.63, 3.8) is 0 Å². The third-order valence-corrected chi connectivity index (χ3v) is 5.11. The van der Waals surface area contributed by atoms with Crippen LogP contribution in [0.5, 0.6) is 17.2 Å². The van der Waals surface area contributed by atoms with E-state index in [9.17, 15) is 14.4 Å². The van der Waals surface area contributed by atoms with E-state index in [0.29, 0.717) is 23.7 Å². The van der Waals surface area contributed by atoms with Crippen molar-refractivity contribution in [3.8, 4) is 17.2 Å². The van der Waals surface area contributed by atoms with Gasteiger partial charge in [0, 0.05) is 14.1 Å². The molecule has 2 aromatic rings. The summed E-state index contributed by atoms with van der Waals surface area (Å²) < 4.78 is 16.8. The molecule has 0 radical (unpaired) electrons. The van der Waals surface area contributed by atoms with Crippen LogP contribution in [0.3, 0.4) is 0 Å². The van der Waals surface area contributed by atoms with Crippen LogP contribution >= 0.6 is 11.6 Å². The maximum absolute atomic E-state index is 12.4. The van der Waals surface area contributed by atoms with Gasteiger partial charge in [-0.15, -0.1) is 0 Å². The van der Waals surface area contributed by atoms with Crippen LogP contribution in [-0.2, 0) is 9.59 Å². The van der Waals surface area contributed by atoms with E-state index in [-0.39, 0.29) is 17.2 Å². The lowest BCUT2D eigenvalue weighted by molar-refractivity contribution is -0.134. The summed E-state index contributed by atoms with van der Waals surface area (Å²) in [5.41, 5.74) is 1.43. The zero-order valence-corrected chi connectivity index (χ0v) is 18.9. The summed E-state index contributed by atoms with van der Waals surface area (Å²) in [6.07, 6.45) is 1.36. The maximum atomic E-state index is 12.4. The number of ether oxygens (including phenoxy) is 3. The van der Waals surface area contributed by atoms with E-state index < -0.39 is 17.8 Å². The molecule has 0 aliphatic carbocycles. The van der Waals surface area contributed by atoms with Crippen molar-refractivity contribution >= 4 is 35.5 Å². The van der Waals surface area contributed by atoms with Gasteiger partial charge in [-0.3, -0.25) is 19.4 Å². The first-order valence-electron chi connectivity index (χ1n) is 9.74. The molecule has 4 amide bonds. The average Bonchev–Trinajstić information content (AvgIpc) is 2.78. The van der Waals surface area contributed by atoms with Gasteiger partial charge in [0.1, 0.15) is 24.5 Å². The molecule has 1 fully saturated rings. The van der Waals surface area contributed by atoms with Crippen molar-refractivity contribution in [2.75, 3.05) is 34.4 Å². The first kappa shape index (κ1) is 23.1. The first-order valence-corrected chi connectivity index (χ1v) is 10.1. The van der Waals surface area contributed by atoms with Gasteiger partial charge in [0.15, 0.2) is 11.5 Å². The molecule has 1 aliphatic rings. The van der Waals surface area contributed by atoms with Crippen molar-refractivity contribution in [2.45, 2.75) is 6.92 Å². The SMILES string of the molecule is COc1cc(C=C2C(=O)N(C)C(=O)N(C)C2=O)cc(Cl)c1OCCOc1ccc(C)cc1. The number of likely N-dealkylation sites (N-methyl/N-ethyl adjacent to an activating group) is 2. The molecule has 0 atom stereocenters. The zero-order valence-electron chi connectivity index (χ0n) is 18.2. The fourth-order valence-corrected chi connectivity index (χ4v) is 3.32.